The summed E-state index contributed by atoms with van der Waals surface area (Å²) in [5, 5.41) is 3.52. The highest BCUT2D eigenvalue weighted by atomic mass is 14.9. The number of aromatic nitrogens is 1. The number of hydrogen-bond acceptors (Lipinski definition) is 2. The molecule has 86 valence electrons. The third-order valence-corrected chi connectivity index (χ3v) is 3.07. The highest BCUT2D eigenvalue weighted by molar-refractivity contribution is 5.65. The van der Waals surface area contributed by atoms with Gasteiger partial charge in [0.05, 0.1) is 0 Å². The Morgan fingerprint density at radius 1 is 1.56 bits per heavy atom. The normalized spacial score (nSPS) is 16.5. The maximum atomic E-state index is 4.18. The first kappa shape index (κ1) is 11.3. The van der Waals surface area contributed by atoms with Crippen molar-refractivity contribution in [2.75, 3.05) is 6.54 Å². The summed E-state index contributed by atoms with van der Waals surface area (Å²) in [6.45, 7) is 5.40. The standard InChI is InChI=1S/C14H20N2/c1-11(4-3-8-16-13-5-6-13)14-10-15-9-7-12(14)2/h4,7,9-10,13,16H,3,5-6,8H2,1-2H3. The zero-order valence-corrected chi connectivity index (χ0v) is 10.2. The largest absolute Gasteiger partial charge is 0.314 e. The third kappa shape index (κ3) is 3.17. The molecule has 0 amide bonds. The van der Waals surface area contributed by atoms with E-state index in [1.807, 2.05) is 12.4 Å². The van der Waals surface area contributed by atoms with Crippen LogP contribution in [-0.4, -0.2) is 17.6 Å². The van der Waals surface area contributed by atoms with Crippen LogP contribution in [0.4, 0.5) is 0 Å². The van der Waals surface area contributed by atoms with Crippen molar-refractivity contribution in [2.24, 2.45) is 0 Å². The molecule has 0 radical (unpaired) electrons. The number of pyridine rings is 1. The van der Waals surface area contributed by atoms with E-state index in [2.05, 4.69) is 36.3 Å². The summed E-state index contributed by atoms with van der Waals surface area (Å²) in [6, 6.07) is 2.88. The molecule has 1 aliphatic carbocycles. The van der Waals surface area contributed by atoms with Crippen LogP contribution in [0, 0.1) is 6.92 Å². The zero-order valence-electron chi connectivity index (χ0n) is 10.2. The minimum Gasteiger partial charge on any atom is -0.314 e. The van der Waals surface area contributed by atoms with Crippen LogP contribution in [0.5, 0.6) is 0 Å². The predicted octanol–water partition coefficient (Wildman–Crippen LogP) is 2.94. The van der Waals surface area contributed by atoms with Crippen LogP contribution in [0.2, 0.25) is 0 Å². The van der Waals surface area contributed by atoms with Gasteiger partial charge >= 0.3 is 0 Å². The topological polar surface area (TPSA) is 24.9 Å². The molecular formula is C14H20N2. The second-order valence-corrected chi connectivity index (χ2v) is 4.59. The molecule has 1 saturated carbocycles. The van der Waals surface area contributed by atoms with Gasteiger partial charge in [-0.1, -0.05) is 6.08 Å². The van der Waals surface area contributed by atoms with E-state index >= 15 is 0 Å². The van der Waals surface area contributed by atoms with Gasteiger partial charge in [0.15, 0.2) is 0 Å². The molecule has 1 aromatic rings. The van der Waals surface area contributed by atoms with Crippen molar-refractivity contribution in [3.63, 3.8) is 0 Å². The van der Waals surface area contributed by atoms with Crippen molar-refractivity contribution in [2.45, 2.75) is 39.2 Å². The van der Waals surface area contributed by atoms with E-state index in [9.17, 15) is 0 Å². The van der Waals surface area contributed by atoms with Gasteiger partial charge in [-0.3, -0.25) is 4.98 Å². The van der Waals surface area contributed by atoms with Crippen molar-refractivity contribution in [1.29, 1.82) is 0 Å². The van der Waals surface area contributed by atoms with Gasteiger partial charge in [0.2, 0.25) is 0 Å². The maximum Gasteiger partial charge on any atom is 0.0345 e. The van der Waals surface area contributed by atoms with E-state index in [4.69, 9.17) is 0 Å². The van der Waals surface area contributed by atoms with Crippen LogP contribution < -0.4 is 5.32 Å². The Kier molecular flexibility index (Phi) is 3.73. The predicted molar refractivity (Wildman–Crippen MR) is 68.3 cm³/mol. The quantitative estimate of drug-likeness (QED) is 0.765. The number of aryl methyl sites for hydroxylation is 1. The van der Waals surface area contributed by atoms with Crippen LogP contribution in [-0.2, 0) is 0 Å². The van der Waals surface area contributed by atoms with Crippen molar-refractivity contribution in [3.8, 4) is 0 Å². The highest BCUT2D eigenvalue weighted by Crippen LogP contribution is 2.19. The summed E-state index contributed by atoms with van der Waals surface area (Å²) >= 11 is 0. The Labute approximate surface area is 97.8 Å². The van der Waals surface area contributed by atoms with Crippen LogP contribution in [0.15, 0.2) is 24.5 Å². The molecule has 1 heterocycles. The van der Waals surface area contributed by atoms with E-state index in [0.717, 1.165) is 19.0 Å². The van der Waals surface area contributed by atoms with Gasteiger partial charge in [-0.15, -0.1) is 0 Å². The molecule has 16 heavy (non-hydrogen) atoms. The first-order valence-electron chi connectivity index (χ1n) is 6.08. The fraction of sp³-hybridized carbons (Fsp3) is 0.500. The molecule has 0 aliphatic heterocycles. The van der Waals surface area contributed by atoms with Crippen molar-refractivity contribution >= 4 is 5.57 Å². The Hall–Kier alpha value is -1.15. The SMILES string of the molecule is CC(=CCCNC1CC1)c1cnccc1C. The molecular weight excluding hydrogens is 196 g/mol. The number of rotatable bonds is 5. The van der Waals surface area contributed by atoms with Crippen LogP contribution >= 0.6 is 0 Å². The lowest BCUT2D eigenvalue weighted by Crippen LogP contribution is -2.16. The lowest BCUT2D eigenvalue weighted by Gasteiger charge is -2.05. The highest BCUT2D eigenvalue weighted by Gasteiger charge is 2.19. The molecule has 0 aromatic carbocycles. The van der Waals surface area contributed by atoms with Crippen LogP contribution in [0.3, 0.4) is 0 Å². The molecule has 1 N–H and O–H groups in total. The van der Waals surface area contributed by atoms with Gasteiger partial charge in [-0.05, 0) is 62.4 Å². The number of nitrogens with one attached hydrogen (secondary N) is 1. The van der Waals surface area contributed by atoms with Crippen LogP contribution in [0.1, 0.15) is 37.3 Å². The van der Waals surface area contributed by atoms with E-state index in [-0.39, 0.29) is 0 Å². The second kappa shape index (κ2) is 5.26. The van der Waals surface area contributed by atoms with Gasteiger partial charge in [-0.2, -0.15) is 0 Å². The number of nitrogens with zero attached hydrogens (tertiary/aromatic N) is 1. The van der Waals surface area contributed by atoms with Gasteiger partial charge in [0, 0.05) is 18.4 Å². The lowest BCUT2D eigenvalue weighted by molar-refractivity contribution is 0.690. The first-order valence-corrected chi connectivity index (χ1v) is 6.08. The summed E-state index contributed by atoms with van der Waals surface area (Å²) in [7, 11) is 0. The molecule has 1 aliphatic rings. The fourth-order valence-electron chi connectivity index (χ4n) is 1.85. The summed E-state index contributed by atoms with van der Waals surface area (Å²) in [5.41, 5.74) is 3.91. The van der Waals surface area contributed by atoms with Gasteiger partial charge in [0.25, 0.3) is 0 Å². The van der Waals surface area contributed by atoms with Crippen molar-refractivity contribution < 1.29 is 0 Å². The molecule has 0 atom stereocenters. The smallest absolute Gasteiger partial charge is 0.0345 e. The average molecular weight is 216 g/mol. The van der Waals surface area contributed by atoms with Crippen LogP contribution in [0.25, 0.3) is 5.57 Å². The van der Waals surface area contributed by atoms with E-state index in [1.54, 1.807) is 0 Å². The molecule has 0 saturated heterocycles. The van der Waals surface area contributed by atoms with E-state index in [1.165, 1.54) is 29.5 Å². The Morgan fingerprint density at radius 2 is 2.38 bits per heavy atom. The minimum atomic E-state index is 0.814. The van der Waals surface area contributed by atoms with Crippen molar-refractivity contribution in [3.05, 3.63) is 35.7 Å². The summed E-state index contributed by atoms with van der Waals surface area (Å²) in [5.74, 6) is 0. The number of allylic oxidation sites excluding steroid dienone is 1. The molecule has 1 fully saturated rings. The molecule has 0 unspecified atom stereocenters. The van der Waals surface area contributed by atoms with Gasteiger partial charge in [-0.25, -0.2) is 0 Å². The average Bonchev–Trinajstić information content (AvgIpc) is 3.08. The minimum absolute atomic E-state index is 0.814. The Morgan fingerprint density at radius 3 is 3.06 bits per heavy atom. The maximum absolute atomic E-state index is 4.18. The third-order valence-electron chi connectivity index (χ3n) is 3.07. The fourth-order valence-corrected chi connectivity index (χ4v) is 1.85. The monoisotopic (exact) mass is 216 g/mol. The van der Waals surface area contributed by atoms with E-state index in [0.29, 0.717) is 0 Å². The zero-order chi connectivity index (χ0) is 11.4. The first-order chi connectivity index (χ1) is 7.77. The molecule has 0 bridgehead atoms. The Balaban J connectivity index is 1.87. The van der Waals surface area contributed by atoms with E-state index < -0.39 is 0 Å². The molecule has 0 spiro atoms. The summed E-state index contributed by atoms with van der Waals surface area (Å²) < 4.78 is 0. The summed E-state index contributed by atoms with van der Waals surface area (Å²) in [6.07, 6.45) is 9.95. The molecule has 1 aromatic heterocycles. The molecule has 2 nitrogen and oxygen atoms in total. The van der Waals surface area contributed by atoms with Gasteiger partial charge < -0.3 is 5.32 Å². The second-order valence-electron chi connectivity index (χ2n) is 4.59. The summed E-state index contributed by atoms with van der Waals surface area (Å²) in [4.78, 5) is 4.18. The number of hydrogen-bond donors (Lipinski definition) is 1. The van der Waals surface area contributed by atoms with Gasteiger partial charge in [0.1, 0.15) is 0 Å². The van der Waals surface area contributed by atoms with Crippen molar-refractivity contribution in [1.82, 2.24) is 10.3 Å². The Bertz CT molecular complexity index is 378. The molecule has 2 rings (SSSR count). The molecule has 2 heteroatoms. The lowest BCUT2D eigenvalue weighted by atomic mass is 10.0.